The van der Waals surface area contributed by atoms with Gasteiger partial charge in [-0.15, -0.1) is 0 Å². The Hall–Kier alpha value is -1.07. The van der Waals surface area contributed by atoms with Crippen molar-refractivity contribution in [3.8, 4) is 0 Å². The van der Waals surface area contributed by atoms with Crippen LogP contribution in [0.3, 0.4) is 0 Å². The summed E-state index contributed by atoms with van der Waals surface area (Å²) in [7, 11) is 0. The summed E-state index contributed by atoms with van der Waals surface area (Å²) >= 11 is 9.34. The first-order chi connectivity index (χ1) is 9.97. The van der Waals surface area contributed by atoms with Gasteiger partial charge < -0.3 is 10.4 Å². The molecule has 21 heavy (non-hydrogen) atoms. The molecule has 0 aromatic heterocycles. The highest BCUT2D eigenvalue weighted by Gasteiger charge is 2.26. The fourth-order valence-electron chi connectivity index (χ4n) is 2.62. The Balaban J connectivity index is 1.85. The van der Waals surface area contributed by atoms with Crippen LogP contribution in [-0.4, -0.2) is 23.5 Å². The molecule has 1 aromatic carbocycles. The van der Waals surface area contributed by atoms with Crippen molar-refractivity contribution in [1.82, 2.24) is 5.32 Å². The summed E-state index contributed by atoms with van der Waals surface area (Å²) in [5.41, 5.74) is 0.449. The molecule has 1 aliphatic rings. The zero-order valence-corrected chi connectivity index (χ0v) is 13.8. The number of nitrogens with one attached hydrogen (secondary N) is 1. The molecule has 6 heteroatoms. The third-order valence-electron chi connectivity index (χ3n) is 3.92. The van der Waals surface area contributed by atoms with E-state index in [9.17, 15) is 9.59 Å². The third kappa shape index (κ3) is 4.45. The van der Waals surface area contributed by atoms with E-state index in [2.05, 4.69) is 21.2 Å². The van der Waals surface area contributed by atoms with Gasteiger partial charge in [0, 0.05) is 11.0 Å². The minimum Gasteiger partial charge on any atom is -0.481 e. The predicted molar refractivity (Wildman–Crippen MR) is 84.6 cm³/mol. The third-order valence-corrected chi connectivity index (χ3v) is 4.74. The van der Waals surface area contributed by atoms with E-state index in [0.29, 0.717) is 35.9 Å². The second kappa shape index (κ2) is 7.27. The number of amides is 1. The van der Waals surface area contributed by atoms with Gasteiger partial charge in [0.05, 0.1) is 16.5 Å². The normalized spacial score (nSPS) is 21.8. The van der Waals surface area contributed by atoms with Crippen molar-refractivity contribution in [1.29, 1.82) is 0 Å². The summed E-state index contributed by atoms with van der Waals surface area (Å²) in [5.74, 6) is -0.785. The average Bonchev–Trinajstić information content (AvgIpc) is 2.47. The van der Waals surface area contributed by atoms with Gasteiger partial charge in [0.1, 0.15) is 0 Å². The van der Waals surface area contributed by atoms with Crippen LogP contribution in [0, 0.1) is 11.8 Å². The van der Waals surface area contributed by atoms with Crippen LogP contribution in [0.4, 0.5) is 0 Å². The lowest BCUT2D eigenvalue weighted by Gasteiger charge is -2.26. The molecule has 1 aromatic rings. The van der Waals surface area contributed by atoms with Gasteiger partial charge in [-0.25, -0.2) is 0 Å². The second-order valence-corrected chi connectivity index (χ2v) is 6.71. The Kier molecular flexibility index (Phi) is 5.65. The highest BCUT2D eigenvalue weighted by molar-refractivity contribution is 9.10. The van der Waals surface area contributed by atoms with Gasteiger partial charge in [0.15, 0.2) is 0 Å². The van der Waals surface area contributed by atoms with Crippen molar-refractivity contribution in [2.24, 2.45) is 11.8 Å². The van der Waals surface area contributed by atoms with Gasteiger partial charge in [0.2, 0.25) is 0 Å². The topological polar surface area (TPSA) is 66.4 Å². The number of hydrogen-bond donors (Lipinski definition) is 2. The first kappa shape index (κ1) is 16.3. The number of carboxylic acids is 1. The molecule has 0 bridgehead atoms. The van der Waals surface area contributed by atoms with E-state index in [1.807, 2.05) is 0 Å². The van der Waals surface area contributed by atoms with Gasteiger partial charge in [-0.3, -0.25) is 9.59 Å². The van der Waals surface area contributed by atoms with Crippen molar-refractivity contribution < 1.29 is 14.7 Å². The molecule has 1 saturated carbocycles. The largest absolute Gasteiger partial charge is 0.481 e. The maximum absolute atomic E-state index is 12.1. The molecule has 0 heterocycles. The van der Waals surface area contributed by atoms with Crippen molar-refractivity contribution in [2.75, 3.05) is 6.54 Å². The van der Waals surface area contributed by atoms with Gasteiger partial charge in [-0.2, -0.15) is 0 Å². The van der Waals surface area contributed by atoms with E-state index >= 15 is 0 Å². The molecule has 0 unspecified atom stereocenters. The zero-order chi connectivity index (χ0) is 15.4. The molecule has 2 rings (SSSR count). The number of benzene rings is 1. The Morgan fingerprint density at radius 1 is 1.29 bits per heavy atom. The summed E-state index contributed by atoms with van der Waals surface area (Å²) in [6.07, 6.45) is 3.05. The number of hydrogen-bond acceptors (Lipinski definition) is 2. The standard InChI is InChI=1S/C15H17BrClNO3/c16-11-5-6-13(17)12(7-11)14(19)18-8-9-1-3-10(4-2-9)15(20)21/h5-7,9-10H,1-4,8H2,(H,18,19)(H,20,21). The quantitative estimate of drug-likeness (QED) is 0.844. The molecule has 0 spiro atoms. The average molecular weight is 375 g/mol. The molecule has 0 atom stereocenters. The van der Waals surface area contributed by atoms with Crippen LogP contribution in [-0.2, 0) is 4.79 Å². The lowest BCUT2D eigenvalue weighted by atomic mass is 9.82. The summed E-state index contributed by atoms with van der Waals surface area (Å²) in [6.45, 7) is 0.564. The lowest BCUT2D eigenvalue weighted by Crippen LogP contribution is -2.32. The van der Waals surface area contributed by atoms with Crippen LogP contribution < -0.4 is 5.32 Å². The van der Waals surface area contributed by atoms with Crippen molar-refractivity contribution >= 4 is 39.4 Å². The van der Waals surface area contributed by atoms with Crippen molar-refractivity contribution in [3.63, 3.8) is 0 Å². The Morgan fingerprint density at radius 2 is 1.95 bits per heavy atom. The van der Waals surface area contributed by atoms with E-state index < -0.39 is 5.97 Å². The minimum atomic E-state index is -0.710. The van der Waals surface area contributed by atoms with Crippen molar-refractivity contribution in [2.45, 2.75) is 25.7 Å². The summed E-state index contributed by atoms with van der Waals surface area (Å²) in [4.78, 5) is 23.0. The van der Waals surface area contributed by atoms with Crippen molar-refractivity contribution in [3.05, 3.63) is 33.3 Å². The minimum absolute atomic E-state index is 0.193. The SMILES string of the molecule is O=C(NCC1CCC(C(=O)O)CC1)c1cc(Br)ccc1Cl. The highest BCUT2D eigenvalue weighted by Crippen LogP contribution is 2.28. The fourth-order valence-corrected chi connectivity index (χ4v) is 3.18. The van der Waals surface area contributed by atoms with Crippen LogP contribution in [0.5, 0.6) is 0 Å². The Labute approximate surface area is 137 Å². The molecular formula is C15H17BrClNO3. The van der Waals surface area contributed by atoms with Crippen LogP contribution in [0.1, 0.15) is 36.0 Å². The maximum Gasteiger partial charge on any atom is 0.306 e. The first-order valence-corrected chi connectivity index (χ1v) is 8.10. The monoisotopic (exact) mass is 373 g/mol. The number of rotatable bonds is 4. The molecule has 4 nitrogen and oxygen atoms in total. The molecule has 0 saturated heterocycles. The Bertz CT molecular complexity index is 542. The molecule has 114 valence electrons. The Morgan fingerprint density at radius 3 is 2.57 bits per heavy atom. The molecule has 2 N–H and O–H groups in total. The van der Waals surface area contributed by atoms with E-state index in [4.69, 9.17) is 16.7 Å². The first-order valence-electron chi connectivity index (χ1n) is 6.93. The van der Waals surface area contributed by atoms with E-state index in [-0.39, 0.29) is 11.8 Å². The van der Waals surface area contributed by atoms with E-state index in [1.54, 1.807) is 18.2 Å². The number of carbonyl (C=O) groups excluding carboxylic acids is 1. The molecule has 0 aliphatic heterocycles. The van der Waals surface area contributed by atoms with Gasteiger partial charge in [-0.1, -0.05) is 27.5 Å². The number of carbonyl (C=O) groups is 2. The molecule has 1 aliphatic carbocycles. The molecule has 0 radical (unpaired) electrons. The number of halogens is 2. The number of aliphatic carboxylic acids is 1. The van der Waals surface area contributed by atoms with E-state index in [1.165, 1.54) is 0 Å². The van der Waals surface area contributed by atoms with Crippen LogP contribution >= 0.6 is 27.5 Å². The predicted octanol–water partition coefficient (Wildman–Crippen LogP) is 3.72. The van der Waals surface area contributed by atoms with Crippen LogP contribution in [0.15, 0.2) is 22.7 Å². The maximum atomic E-state index is 12.1. The summed E-state index contributed by atoms with van der Waals surface area (Å²) in [6, 6.07) is 5.16. The molecule has 1 amide bonds. The summed E-state index contributed by atoms with van der Waals surface area (Å²) in [5, 5.41) is 12.3. The summed E-state index contributed by atoms with van der Waals surface area (Å²) < 4.78 is 0.805. The molecular weight excluding hydrogens is 358 g/mol. The smallest absolute Gasteiger partial charge is 0.306 e. The molecule has 1 fully saturated rings. The van der Waals surface area contributed by atoms with Crippen LogP contribution in [0.25, 0.3) is 0 Å². The number of carboxylic acid groups (broad SMARTS) is 1. The van der Waals surface area contributed by atoms with Gasteiger partial charge >= 0.3 is 5.97 Å². The highest BCUT2D eigenvalue weighted by atomic mass is 79.9. The fraction of sp³-hybridized carbons (Fsp3) is 0.467. The second-order valence-electron chi connectivity index (χ2n) is 5.39. The van der Waals surface area contributed by atoms with Gasteiger partial charge in [-0.05, 0) is 49.8 Å². The lowest BCUT2D eigenvalue weighted by molar-refractivity contribution is -0.143. The zero-order valence-electron chi connectivity index (χ0n) is 11.4. The van der Waals surface area contributed by atoms with Gasteiger partial charge in [0.25, 0.3) is 5.91 Å². The van der Waals surface area contributed by atoms with E-state index in [0.717, 1.165) is 17.3 Å². The van der Waals surface area contributed by atoms with Crippen LogP contribution in [0.2, 0.25) is 5.02 Å².